The lowest BCUT2D eigenvalue weighted by atomic mass is 9.91. The van der Waals surface area contributed by atoms with E-state index < -0.39 is 30.2 Å². The molecule has 1 amide bonds. The van der Waals surface area contributed by atoms with E-state index in [9.17, 15) is 22.4 Å². The third kappa shape index (κ3) is 4.29. The van der Waals surface area contributed by atoms with Crippen molar-refractivity contribution in [2.75, 3.05) is 13.7 Å². The molecule has 2 heterocycles. The maximum absolute atomic E-state index is 13.9. The molecule has 0 saturated heterocycles. The second-order valence-corrected chi connectivity index (χ2v) is 8.19. The van der Waals surface area contributed by atoms with Crippen molar-refractivity contribution in [3.63, 3.8) is 0 Å². The van der Waals surface area contributed by atoms with Crippen molar-refractivity contribution in [1.82, 2.24) is 9.88 Å². The van der Waals surface area contributed by atoms with Crippen LogP contribution in [0.5, 0.6) is 11.5 Å². The molecule has 0 radical (unpaired) electrons. The summed E-state index contributed by atoms with van der Waals surface area (Å²) in [5.74, 6) is -1.60. The van der Waals surface area contributed by atoms with Crippen molar-refractivity contribution in [3.05, 3.63) is 94.7 Å². The van der Waals surface area contributed by atoms with Crippen LogP contribution in [-0.4, -0.2) is 36.1 Å². The van der Waals surface area contributed by atoms with E-state index in [4.69, 9.17) is 4.74 Å². The number of hydrogen-bond acceptors (Lipinski definition) is 3. The number of aromatic amines is 1. The van der Waals surface area contributed by atoms with E-state index in [1.54, 1.807) is 19.2 Å². The number of nitrogens with zero attached hydrogens (tertiary/aromatic N) is 1. The smallest absolute Gasteiger partial charge is 0.387 e. The monoisotopic (exact) mass is 484 g/mol. The zero-order valence-electron chi connectivity index (χ0n) is 18.5. The molecule has 1 aliphatic rings. The summed E-state index contributed by atoms with van der Waals surface area (Å²) in [6.45, 7) is -2.69. The maximum atomic E-state index is 13.9. The van der Waals surface area contributed by atoms with Gasteiger partial charge in [-0.15, -0.1) is 0 Å². The van der Waals surface area contributed by atoms with Crippen molar-refractivity contribution in [2.24, 2.45) is 0 Å². The first kappa shape index (κ1) is 22.8. The van der Waals surface area contributed by atoms with E-state index in [2.05, 4.69) is 9.72 Å². The Hall–Kier alpha value is -4.01. The molecule has 1 N–H and O–H groups in total. The number of fused-ring (bicyclic) bond motifs is 3. The van der Waals surface area contributed by atoms with Crippen LogP contribution in [0.4, 0.5) is 17.6 Å². The van der Waals surface area contributed by atoms with Gasteiger partial charge in [0.1, 0.15) is 23.1 Å². The number of carbonyl (C=O) groups is 1. The lowest BCUT2D eigenvalue weighted by Crippen LogP contribution is -2.40. The lowest BCUT2D eigenvalue weighted by molar-refractivity contribution is -0.0498. The quantitative estimate of drug-likeness (QED) is 0.362. The fourth-order valence-electron chi connectivity index (χ4n) is 4.63. The topological polar surface area (TPSA) is 54.6 Å². The number of H-pyrrole nitrogens is 1. The second kappa shape index (κ2) is 8.98. The molecule has 0 bridgehead atoms. The number of ether oxygens (including phenoxy) is 2. The molecule has 4 aromatic rings. The molecule has 1 aliphatic heterocycles. The number of amides is 1. The van der Waals surface area contributed by atoms with Gasteiger partial charge < -0.3 is 19.4 Å². The number of rotatable bonds is 5. The summed E-state index contributed by atoms with van der Waals surface area (Å²) < 4.78 is 62.8. The van der Waals surface area contributed by atoms with E-state index >= 15 is 0 Å². The van der Waals surface area contributed by atoms with Crippen LogP contribution in [0.3, 0.4) is 0 Å². The SMILES string of the molecule is COc1ccc2[nH]c3c(c2c1)CCN(C(=O)c1cc(F)cc(F)c1)[C@@H]3c1ccc(OC(F)F)cc1. The molecule has 180 valence electrons. The summed E-state index contributed by atoms with van der Waals surface area (Å²) >= 11 is 0. The number of carbonyl (C=O) groups excluding carboxylic acids is 1. The highest BCUT2D eigenvalue weighted by Crippen LogP contribution is 2.40. The fraction of sp³-hybridized carbons (Fsp3) is 0.192. The summed E-state index contributed by atoms with van der Waals surface area (Å²) in [5, 5.41) is 0.936. The Morgan fingerprint density at radius 1 is 1.00 bits per heavy atom. The number of methoxy groups -OCH3 is 1. The van der Waals surface area contributed by atoms with Gasteiger partial charge >= 0.3 is 6.61 Å². The molecule has 9 heteroatoms. The van der Waals surface area contributed by atoms with Crippen molar-refractivity contribution in [3.8, 4) is 11.5 Å². The number of nitrogens with one attached hydrogen (secondary N) is 1. The first-order chi connectivity index (χ1) is 16.8. The van der Waals surface area contributed by atoms with Crippen LogP contribution in [0.15, 0.2) is 60.7 Å². The van der Waals surface area contributed by atoms with Crippen LogP contribution in [-0.2, 0) is 6.42 Å². The summed E-state index contributed by atoms with van der Waals surface area (Å²) in [4.78, 5) is 18.4. The summed E-state index contributed by atoms with van der Waals surface area (Å²) in [7, 11) is 1.57. The Morgan fingerprint density at radius 2 is 1.69 bits per heavy atom. The predicted octanol–water partition coefficient (Wildman–Crippen LogP) is 5.84. The first-order valence-electron chi connectivity index (χ1n) is 10.8. The molecule has 3 aromatic carbocycles. The second-order valence-electron chi connectivity index (χ2n) is 8.19. The number of halogens is 4. The third-order valence-electron chi connectivity index (χ3n) is 6.13. The molecule has 5 nitrogen and oxygen atoms in total. The Labute approximate surface area is 197 Å². The van der Waals surface area contributed by atoms with E-state index in [0.29, 0.717) is 23.8 Å². The van der Waals surface area contributed by atoms with Gasteiger partial charge in [-0.2, -0.15) is 8.78 Å². The molecule has 0 spiro atoms. The molecule has 1 atom stereocenters. The van der Waals surface area contributed by atoms with E-state index in [0.717, 1.165) is 34.3 Å². The number of alkyl halides is 2. The minimum Gasteiger partial charge on any atom is -0.497 e. The molecule has 0 saturated carbocycles. The highest BCUT2D eigenvalue weighted by molar-refractivity contribution is 5.95. The van der Waals surface area contributed by atoms with E-state index in [-0.39, 0.29) is 17.9 Å². The average Bonchev–Trinajstić information content (AvgIpc) is 3.20. The normalized spacial score (nSPS) is 15.4. The average molecular weight is 484 g/mol. The van der Waals surface area contributed by atoms with Gasteiger partial charge in [0.2, 0.25) is 0 Å². The summed E-state index contributed by atoms with van der Waals surface area (Å²) in [6.07, 6.45) is 0.495. The van der Waals surface area contributed by atoms with Crippen molar-refractivity contribution < 1.29 is 31.8 Å². The highest BCUT2D eigenvalue weighted by Gasteiger charge is 2.35. The van der Waals surface area contributed by atoms with Gasteiger partial charge in [-0.3, -0.25) is 4.79 Å². The van der Waals surface area contributed by atoms with Gasteiger partial charge in [-0.05, 0) is 60.0 Å². The standard InChI is InChI=1S/C26H20F4N2O3/c1-34-19-6-7-22-21(13-19)20-8-9-32(25(33)15-10-16(27)12-17(28)11-15)24(23(20)31-22)14-2-4-18(5-3-14)35-26(29)30/h2-7,10-13,24,26,31H,8-9H2,1H3/t24-/m1/s1. The van der Waals surface area contributed by atoms with Crippen LogP contribution >= 0.6 is 0 Å². The van der Waals surface area contributed by atoms with Gasteiger partial charge in [0.25, 0.3) is 5.91 Å². The van der Waals surface area contributed by atoms with Gasteiger partial charge in [0, 0.05) is 34.8 Å². The zero-order valence-corrected chi connectivity index (χ0v) is 18.5. The molecule has 5 rings (SSSR count). The van der Waals surface area contributed by atoms with Crippen LogP contribution in [0.25, 0.3) is 10.9 Å². The van der Waals surface area contributed by atoms with E-state index in [1.807, 2.05) is 18.2 Å². The van der Waals surface area contributed by atoms with Crippen molar-refractivity contribution in [1.29, 1.82) is 0 Å². The largest absolute Gasteiger partial charge is 0.497 e. The van der Waals surface area contributed by atoms with Gasteiger partial charge in [-0.1, -0.05) is 12.1 Å². The van der Waals surface area contributed by atoms with Crippen molar-refractivity contribution >= 4 is 16.8 Å². The van der Waals surface area contributed by atoms with Gasteiger partial charge in [0.05, 0.1) is 13.2 Å². The maximum Gasteiger partial charge on any atom is 0.387 e. The lowest BCUT2D eigenvalue weighted by Gasteiger charge is -2.36. The van der Waals surface area contributed by atoms with Crippen LogP contribution in [0.2, 0.25) is 0 Å². The molecular formula is C26H20F4N2O3. The first-order valence-corrected chi connectivity index (χ1v) is 10.8. The fourth-order valence-corrected chi connectivity index (χ4v) is 4.63. The number of benzene rings is 3. The summed E-state index contributed by atoms with van der Waals surface area (Å²) in [6, 6.07) is 13.6. The molecule has 0 unspecified atom stereocenters. The van der Waals surface area contributed by atoms with E-state index in [1.165, 1.54) is 17.0 Å². The Bertz CT molecular complexity index is 1380. The van der Waals surface area contributed by atoms with Crippen LogP contribution in [0, 0.1) is 11.6 Å². The molecule has 35 heavy (non-hydrogen) atoms. The Balaban J connectivity index is 1.63. The molecular weight excluding hydrogens is 464 g/mol. The number of hydrogen-bond donors (Lipinski definition) is 1. The Morgan fingerprint density at radius 3 is 2.34 bits per heavy atom. The zero-order chi connectivity index (χ0) is 24.7. The molecule has 0 aliphatic carbocycles. The minimum atomic E-state index is -2.97. The molecule has 0 fully saturated rings. The van der Waals surface area contributed by atoms with Crippen LogP contribution in [0.1, 0.15) is 33.2 Å². The number of aromatic nitrogens is 1. The minimum absolute atomic E-state index is 0.0220. The highest BCUT2D eigenvalue weighted by atomic mass is 19.3. The summed E-state index contributed by atoms with van der Waals surface area (Å²) in [5.41, 5.74) is 3.05. The van der Waals surface area contributed by atoms with Gasteiger partial charge in [-0.25, -0.2) is 8.78 Å². The predicted molar refractivity (Wildman–Crippen MR) is 121 cm³/mol. The Kier molecular flexibility index (Phi) is 5.84. The van der Waals surface area contributed by atoms with Crippen LogP contribution < -0.4 is 9.47 Å². The molecule has 1 aromatic heterocycles. The van der Waals surface area contributed by atoms with Crippen molar-refractivity contribution in [2.45, 2.75) is 19.1 Å². The third-order valence-corrected chi connectivity index (χ3v) is 6.13. The van der Waals surface area contributed by atoms with Gasteiger partial charge in [0.15, 0.2) is 0 Å².